The SMILES string of the molecule is CCCN(CC(=O)Nc1ccc(Cl)cc1Cl)C(=O)c1ccccc1Cl. The van der Waals surface area contributed by atoms with E-state index in [0.717, 1.165) is 0 Å². The molecule has 0 unspecified atom stereocenters. The Morgan fingerprint density at radius 1 is 1.04 bits per heavy atom. The number of carbonyl (C=O) groups excluding carboxylic acids is 2. The van der Waals surface area contributed by atoms with E-state index in [2.05, 4.69) is 5.32 Å². The maximum absolute atomic E-state index is 12.7. The molecule has 25 heavy (non-hydrogen) atoms. The van der Waals surface area contributed by atoms with Crippen molar-refractivity contribution in [2.45, 2.75) is 13.3 Å². The van der Waals surface area contributed by atoms with Gasteiger partial charge in [0.15, 0.2) is 0 Å². The van der Waals surface area contributed by atoms with Gasteiger partial charge >= 0.3 is 0 Å². The first-order valence-corrected chi connectivity index (χ1v) is 8.84. The minimum absolute atomic E-state index is 0.100. The first-order chi connectivity index (χ1) is 11.9. The van der Waals surface area contributed by atoms with Crippen LogP contribution in [-0.4, -0.2) is 29.8 Å². The van der Waals surface area contributed by atoms with Gasteiger partial charge < -0.3 is 10.2 Å². The summed E-state index contributed by atoms with van der Waals surface area (Å²) in [7, 11) is 0. The summed E-state index contributed by atoms with van der Waals surface area (Å²) >= 11 is 18.0. The number of carbonyl (C=O) groups is 2. The van der Waals surface area contributed by atoms with Crippen molar-refractivity contribution >= 4 is 52.3 Å². The molecule has 0 aliphatic carbocycles. The molecule has 0 bridgehead atoms. The lowest BCUT2D eigenvalue weighted by Crippen LogP contribution is -2.38. The molecule has 2 amide bonds. The Balaban J connectivity index is 2.11. The molecule has 0 heterocycles. The van der Waals surface area contributed by atoms with Crippen LogP contribution in [0.5, 0.6) is 0 Å². The average molecular weight is 400 g/mol. The third kappa shape index (κ3) is 5.36. The van der Waals surface area contributed by atoms with Crippen LogP contribution in [0.25, 0.3) is 0 Å². The second-order valence-corrected chi connectivity index (χ2v) is 6.63. The lowest BCUT2D eigenvalue weighted by Gasteiger charge is -2.22. The number of amides is 2. The predicted octanol–water partition coefficient (Wildman–Crippen LogP) is 5.14. The van der Waals surface area contributed by atoms with Crippen LogP contribution < -0.4 is 5.32 Å². The van der Waals surface area contributed by atoms with Gasteiger partial charge in [0, 0.05) is 11.6 Å². The largest absolute Gasteiger partial charge is 0.329 e. The van der Waals surface area contributed by atoms with Crippen molar-refractivity contribution in [2.24, 2.45) is 0 Å². The number of nitrogens with zero attached hydrogens (tertiary/aromatic N) is 1. The number of rotatable bonds is 6. The van der Waals surface area contributed by atoms with Gasteiger partial charge in [-0.1, -0.05) is 53.9 Å². The number of hydrogen-bond donors (Lipinski definition) is 1. The summed E-state index contributed by atoms with van der Waals surface area (Å²) in [6, 6.07) is 11.5. The van der Waals surface area contributed by atoms with E-state index in [4.69, 9.17) is 34.8 Å². The maximum atomic E-state index is 12.7. The molecule has 0 atom stereocenters. The fourth-order valence-electron chi connectivity index (χ4n) is 2.28. The second kappa shape index (κ2) is 9.09. The van der Waals surface area contributed by atoms with Crippen molar-refractivity contribution in [1.29, 1.82) is 0 Å². The Bertz CT molecular complexity index is 781. The van der Waals surface area contributed by atoms with Crippen LogP contribution in [0.1, 0.15) is 23.7 Å². The highest BCUT2D eigenvalue weighted by Gasteiger charge is 2.20. The zero-order valence-corrected chi connectivity index (χ0v) is 15.8. The van der Waals surface area contributed by atoms with E-state index < -0.39 is 0 Å². The van der Waals surface area contributed by atoms with E-state index in [0.29, 0.717) is 39.3 Å². The molecule has 0 spiro atoms. The zero-order chi connectivity index (χ0) is 18.4. The Labute approximate surface area is 161 Å². The van der Waals surface area contributed by atoms with Crippen LogP contribution in [0.15, 0.2) is 42.5 Å². The molecule has 0 saturated carbocycles. The smallest absolute Gasteiger partial charge is 0.255 e. The molecule has 0 radical (unpaired) electrons. The predicted molar refractivity (Wildman–Crippen MR) is 103 cm³/mol. The third-order valence-electron chi connectivity index (χ3n) is 3.42. The van der Waals surface area contributed by atoms with Gasteiger partial charge in [-0.15, -0.1) is 0 Å². The quantitative estimate of drug-likeness (QED) is 0.731. The molecule has 1 N–H and O–H groups in total. The van der Waals surface area contributed by atoms with E-state index in [1.807, 2.05) is 6.92 Å². The molecule has 0 aromatic heterocycles. The third-order valence-corrected chi connectivity index (χ3v) is 4.30. The van der Waals surface area contributed by atoms with Crippen LogP contribution in [0, 0.1) is 0 Å². The number of nitrogens with one attached hydrogen (secondary N) is 1. The zero-order valence-electron chi connectivity index (χ0n) is 13.6. The van der Waals surface area contributed by atoms with Crippen molar-refractivity contribution < 1.29 is 9.59 Å². The van der Waals surface area contributed by atoms with E-state index >= 15 is 0 Å². The molecule has 7 heteroatoms. The summed E-state index contributed by atoms with van der Waals surface area (Å²) in [5.74, 6) is -0.636. The molecule has 0 aliphatic heterocycles. The minimum atomic E-state index is -0.349. The van der Waals surface area contributed by atoms with E-state index in [1.54, 1.807) is 36.4 Å². The monoisotopic (exact) mass is 398 g/mol. The Hall–Kier alpha value is -1.75. The van der Waals surface area contributed by atoms with Crippen molar-refractivity contribution in [3.8, 4) is 0 Å². The van der Waals surface area contributed by atoms with Gasteiger partial charge in [0.1, 0.15) is 6.54 Å². The summed E-state index contributed by atoms with van der Waals surface area (Å²) in [4.78, 5) is 26.5. The topological polar surface area (TPSA) is 49.4 Å². The summed E-state index contributed by atoms with van der Waals surface area (Å²) in [6.07, 6.45) is 0.713. The standard InChI is InChI=1S/C18H17Cl3N2O2/c1-2-9-23(18(25)13-5-3-4-6-14(13)20)11-17(24)22-16-8-7-12(19)10-15(16)21/h3-8,10H,2,9,11H2,1H3,(H,22,24). The second-order valence-electron chi connectivity index (χ2n) is 5.38. The van der Waals surface area contributed by atoms with Crippen LogP contribution in [-0.2, 0) is 4.79 Å². The first-order valence-electron chi connectivity index (χ1n) is 7.71. The highest BCUT2D eigenvalue weighted by molar-refractivity contribution is 6.36. The number of hydrogen-bond acceptors (Lipinski definition) is 2. The number of benzene rings is 2. The molecule has 0 fully saturated rings. The van der Waals surface area contributed by atoms with Crippen molar-refractivity contribution in [1.82, 2.24) is 4.90 Å². The number of anilines is 1. The Morgan fingerprint density at radius 2 is 1.76 bits per heavy atom. The average Bonchev–Trinajstić information content (AvgIpc) is 2.57. The normalized spacial score (nSPS) is 10.4. The highest BCUT2D eigenvalue weighted by Crippen LogP contribution is 2.25. The van der Waals surface area contributed by atoms with Gasteiger partial charge in [0.05, 0.1) is 21.3 Å². The van der Waals surface area contributed by atoms with Crippen LogP contribution in [0.4, 0.5) is 5.69 Å². The molecule has 132 valence electrons. The van der Waals surface area contributed by atoms with Crippen LogP contribution >= 0.6 is 34.8 Å². The molecule has 2 aromatic rings. The number of halogens is 3. The lowest BCUT2D eigenvalue weighted by molar-refractivity contribution is -0.116. The van der Waals surface area contributed by atoms with Crippen molar-refractivity contribution in [2.75, 3.05) is 18.4 Å². The van der Waals surface area contributed by atoms with Crippen LogP contribution in [0.2, 0.25) is 15.1 Å². The fraction of sp³-hybridized carbons (Fsp3) is 0.222. The summed E-state index contributed by atoms with van der Waals surface area (Å²) in [5, 5.41) is 3.86. The molecule has 2 rings (SSSR count). The van der Waals surface area contributed by atoms with Gasteiger partial charge in [0.25, 0.3) is 5.91 Å². The molecule has 0 saturated heterocycles. The van der Waals surface area contributed by atoms with Gasteiger partial charge in [-0.2, -0.15) is 0 Å². The van der Waals surface area contributed by atoms with Crippen molar-refractivity contribution in [3.63, 3.8) is 0 Å². The highest BCUT2D eigenvalue weighted by atomic mass is 35.5. The molecule has 4 nitrogen and oxygen atoms in total. The Morgan fingerprint density at radius 3 is 2.40 bits per heavy atom. The molecular weight excluding hydrogens is 383 g/mol. The minimum Gasteiger partial charge on any atom is -0.329 e. The Kier molecular flexibility index (Phi) is 7.12. The van der Waals surface area contributed by atoms with Gasteiger partial charge in [-0.3, -0.25) is 9.59 Å². The lowest BCUT2D eigenvalue weighted by atomic mass is 10.2. The molecule has 2 aromatic carbocycles. The first kappa shape index (κ1) is 19.6. The molecular formula is C18H17Cl3N2O2. The van der Waals surface area contributed by atoms with Gasteiger partial charge in [-0.05, 0) is 36.8 Å². The van der Waals surface area contributed by atoms with Crippen molar-refractivity contribution in [3.05, 3.63) is 63.1 Å². The summed E-state index contributed by atoms with van der Waals surface area (Å²) in [6.45, 7) is 2.27. The van der Waals surface area contributed by atoms with Crippen LogP contribution in [0.3, 0.4) is 0 Å². The molecule has 0 aliphatic rings. The summed E-state index contributed by atoms with van der Waals surface area (Å²) in [5.41, 5.74) is 0.813. The van der Waals surface area contributed by atoms with Gasteiger partial charge in [0.2, 0.25) is 5.91 Å². The maximum Gasteiger partial charge on any atom is 0.255 e. The van der Waals surface area contributed by atoms with Gasteiger partial charge in [-0.25, -0.2) is 0 Å². The van der Waals surface area contributed by atoms with E-state index in [1.165, 1.54) is 11.0 Å². The van der Waals surface area contributed by atoms with E-state index in [-0.39, 0.29) is 18.4 Å². The fourth-order valence-corrected chi connectivity index (χ4v) is 2.95. The summed E-state index contributed by atoms with van der Waals surface area (Å²) < 4.78 is 0. The van der Waals surface area contributed by atoms with E-state index in [9.17, 15) is 9.59 Å².